The van der Waals surface area contributed by atoms with Crippen molar-refractivity contribution < 1.29 is 4.39 Å². The molecular formula is C16H14FN3. The third-order valence-electron chi connectivity index (χ3n) is 3.26. The van der Waals surface area contributed by atoms with Gasteiger partial charge in [-0.25, -0.2) is 4.39 Å². The van der Waals surface area contributed by atoms with Gasteiger partial charge in [0.2, 0.25) is 0 Å². The van der Waals surface area contributed by atoms with Crippen molar-refractivity contribution in [3.05, 3.63) is 71.5 Å². The van der Waals surface area contributed by atoms with Crippen LogP contribution >= 0.6 is 0 Å². The average Bonchev–Trinajstić information content (AvgIpc) is 2.83. The Kier molecular flexibility index (Phi) is 3.21. The molecule has 0 aliphatic heterocycles. The Morgan fingerprint density at radius 2 is 1.70 bits per heavy atom. The Hall–Kier alpha value is -2.62. The predicted octanol–water partition coefficient (Wildman–Crippen LogP) is 3.39. The highest BCUT2D eigenvalue weighted by atomic mass is 19.1. The minimum Gasteiger partial charge on any atom is -0.382 e. The monoisotopic (exact) mass is 267 g/mol. The van der Waals surface area contributed by atoms with E-state index in [0.717, 1.165) is 22.4 Å². The van der Waals surface area contributed by atoms with E-state index in [2.05, 4.69) is 10.2 Å². The fourth-order valence-electron chi connectivity index (χ4n) is 2.21. The molecule has 3 rings (SSSR count). The number of nitrogens with two attached hydrogens (primary N) is 1. The van der Waals surface area contributed by atoms with Crippen LogP contribution in [0.1, 0.15) is 11.1 Å². The van der Waals surface area contributed by atoms with E-state index in [-0.39, 0.29) is 5.82 Å². The summed E-state index contributed by atoms with van der Waals surface area (Å²) in [5.41, 5.74) is 9.75. The molecule has 0 aliphatic carbocycles. The number of nitrogen functional groups attached to an aromatic ring is 1. The Balaban J connectivity index is 1.99. The van der Waals surface area contributed by atoms with E-state index in [4.69, 9.17) is 5.73 Å². The molecule has 0 amide bonds. The van der Waals surface area contributed by atoms with Crippen molar-refractivity contribution in [3.63, 3.8) is 0 Å². The van der Waals surface area contributed by atoms with Crippen molar-refractivity contribution in [2.24, 2.45) is 0 Å². The molecule has 1 aromatic heterocycles. The Morgan fingerprint density at radius 3 is 2.40 bits per heavy atom. The molecule has 4 heteroatoms. The van der Waals surface area contributed by atoms with Gasteiger partial charge >= 0.3 is 0 Å². The molecule has 0 radical (unpaired) electrons. The number of aromatic nitrogens is 2. The summed E-state index contributed by atoms with van der Waals surface area (Å²) in [6.45, 7) is 0. The van der Waals surface area contributed by atoms with Gasteiger partial charge in [-0.15, -0.1) is 0 Å². The van der Waals surface area contributed by atoms with Gasteiger partial charge in [-0.05, 0) is 29.8 Å². The molecule has 3 N–H and O–H groups in total. The van der Waals surface area contributed by atoms with Gasteiger partial charge in [0.1, 0.15) is 11.6 Å². The van der Waals surface area contributed by atoms with Gasteiger partial charge < -0.3 is 5.73 Å². The lowest BCUT2D eigenvalue weighted by Crippen LogP contribution is -1.95. The zero-order valence-electron chi connectivity index (χ0n) is 10.8. The molecule has 0 saturated carbocycles. The molecule has 0 atom stereocenters. The summed E-state index contributed by atoms with van der Waals surface area (Å²) in [6, 6.07) is 16.3. The van der Waals surface area contributed by atoms with Gasteiger partial charge in [0.15, 0.2) is 0 Å². The molecule has 0 unspecified atom stereocenters. The van der Waals surface area contributed by atoms with Crippen LogP contribution in [0.15, 0.2) is 54.6 Å². The van der Waals surface area contributed by atoms with Crippen molar-refractivity contribution in [2.75, 3.05) is 5.73 Å². The standard InChI is InChI=1S/C16H14FN3/c17-13-8-6-12(7-9-13)15-14(16(18)20-19-15)10-11-4-2-1-3-5-11/h1-9H,10H2,(H3,18,19,20). The quantitative estimate of drug-likeness (QED) is 0.764. The van der Waals surface area contributed by atoms with E-state index in [9.17, 15) is 4.39 Å². The van der Waals surface area contributed by atoms with Crippen LogP contribution in [0.25, 0.3) is 11.3 Å². The van der Waals surface area contributed by atoms with Crippen LogP contribution in [-0.4, -0.2) is 10.2 Å². The maximum absolute atomic E-state index is 13.0. The van der Waals surface area contributed by atoms with E-state index in [0.29, 0.717) is 12.2 Å². The van der Waals surface area contributed by atoms with Gasteiger partial charge in [0.05, 0.1) is 5.69 Å². The first-order valence-corrected chi connectivity index (χ1v) is 6.36. The molecule has 0 aliphatic rings. The molecule has 100 valence electrons. The third-order valence-corrected chi connectivity index (χ3v) is 3.26. The number of rotatable bonds is 3. The number of nitrogens with zero attached hydrogens (tertiary/aromatic N) is 1. The smallest absolute Gasteiger partial charge is 0.149 e. The summed E-state index contributed by atoms with van der Waals surface area (Å²) in [7, 11) is 0. The number of nitrogens with one attached hydrogen (secondary N) is 1. The summed E-state index contributed by atoms with van der Waals surface area (Å²) >= 11 is 0. The lowest BCUT2D eigenvalue weighted by Gasteiger charge is -2.05. The van der Waals surface area contributed by atoms with Crippen LogP contribution in [0.4, 0.5) is 10.2 Å². The molecule has 3 nitrogen and oxygen atoms in total. The van der Waals surface area contributed by atoms with Gasteiger partial charge in [0.25, 0.3) is 0 Å². The fraction of sp³-hybridized carbons (Fsp3) is 0.0625. The summed E-state index contributed by atoms with van der Waals surface area (Å²) in [4.78, 5) is 0. The van der Waals surface area contributed by atoms with E-state index in [1.54, 1.807) is 12.1 Å². The van der Waals surface area contributed by atoms with Crippen molar-refractivity contribution in [3.8, 4) is 11.3 Å². The SMILES string of the molecule is Nc1n[nH]c(-c2ccc(F)cc2)c1Cc1ccccc1. The summed E-state index contributed by atoms with van der Waals surface area (Å²) in [6.07, 6.45) is 0.690. The van der Waals surface area contributed by atoms with Crippen molar-refractivity contribution in [2.45, 2.75) is 6.42 Å². The number of H-pyrrole nitrogens is 1. The van der Waals surface area contributed by atoms with Crippen molar-refractivity contribution in [1.82, 2.24) is 10.2 Å². The molecule has 3 aromatic rings. The van der Waals surface area contributed by atoms with Crippen LogP contribution in [0, 0.1) is 5.82 Å². The maximum atomic E-state index is 13.0. The molecule has 1 heterocycles. The molecule has 0 spiro atoms. The van der Waals surface area contributed by atoms with Gasteiger partial charge in [-0.3, -0.25) is 5.10 Å². The molecule has 20 heavy (non-hydrogen) atoms. The van der Waals surface area contributed by atoms with Gasteiger partial charge in [-0.2, -0.15) is 5.10 Å². The number of hydrogen-bond donors (Lipinski definition) is 2. The van der Waals surface area contributed by atoms with Gasteiger partial charge in [0, 0.05) is 17.5 Å². The van der Waals surface area contributed by atoms with Crippen LogP contribution in [0.3, 0.4) is 0 Å². The Morgan fingerprint density at radius 1 is 1.00 bits per heavy atom. The number of aromatic amines is 1. The summed E-state index contributed by atoms with van der Waals surface area (Å²) < 4.78 is 13.0. The minimum absolute atomic E-state index is 0.258. The van der Waals surface area contributed by atoms with E-state index >= 15 is 0 Å². The zero-order valence-corrected chi connectivity index (χ0v) is 10.8. The fourth-order valence-corrected chi connectivity index (χ4v) is 2.21. The second kappa shape index (κ2) is 5.17. The van der Waals surface area contributed by atoms with E-state index in [1.165, 1.54) is 12.1 Å². The number of hydrogen-bond acceptors (Lipinski definition) is 2. The Bertz CT molecular complexity index is 702. The molecular weight excluding hydrogens is 253 g/mol. The second-order valence-electron chi connectivity index (χ2n) is 4.63. The largest absolute Gasteiger partial charge is 0.382 e. The second-order valence-corrected chi connectivity index (χ2v) is 4.63. The van der Waals surface area contributed by atoms with E-state index < -0.39 is 0 Å². The van der Waals surface area contributed by atoms with E-state index in [1.807, 2.05) is 30.3 Å². The predicted molar refractivity (Wildman–Crippen MR) is 77.6 cm³/mol. The highest BCUT2D eigenvalue weighted by molar-refractivity contribution is 5.68. The van der Waals surface area contributed by atoms with Crippen LogP contribution in [0.5, 0.6) is 0 Å². The van der Waals surface area contributed by atoms with Gasteiger partial charge in [-0.1, -0.05) is 30.3 Å². The first kappa shape index (κ1) is 12.4. The lowest BCUT2D eigenvalue weighted by molar-refractivity contribution is 0.628. The average molecular weight is 267 g/mol. The minimum atomic E-state index is -0.258. The highest BCUT2D eigenvalue weighted by Gasteiger charge is 2.13. The number of benzene rings is 2. The van der Waals surface area contributed by atoms with Crippen LogP contribution in [-0.2, 0) is 6.42 Å². The zero-order chi connectivity index (χ0) is 13.9. The number of halogens is 1. The summed E-state index contributed by atoms with van der Waals surface area (Å²) in [5, 5.41) is 7.00. The maximum Gasteiger partial charge on any atom is 0.149 e. The molecule has 2 aromatic carbocycles. The molecule has 0 bridgehead atoms. The van der Waals surface area contributed by atoms with Crippen LogP contribution in [0.2, 0.25) is 0 Å². The van der Waals surface area contributed by atoms with Crippen molar-refractivity contribution in [1.29, 1.82) is 0 Å². The van der Waals surface area contributed by atoms with Crippen molar-refractivity contribution >= 4 is 5.82 Å². The molecule has 0 saturated heterocycles. The Labute approximate surface area is 116 Å². The third kappa shape index (κ3) is 2.40. The number of anilines is 1. The topological polar surface area (TPSA) is 54.7 Å². The first-order chi connectivity index (χ1) is 9.74. The first-order valence-electron chi connectivity index (χ1n) is 6.36. The summed E-state index contributed by atoms with van der Waals surface area (Å²) in [5.74, 6) is 0.221. The lowest BCUT2D eigenvalue weighted by atomic mass is 10.0. The van der Waals surface area contributed by atoms with Crippen LogP contribution < -0.4 is 5.73 Å². The molecule has 0 fully saturated rings. The highest BCUT2D eigenvalue weighted by Crippen LogP contribution is 2.27. The normalized spacial score (nSPS) is 10.7.